The van der Waals surface area contributed by atoms with Gasteiger partial charge >= 0.3 is 23.9 Å². The summed E-state index contributed by atoms with van der Waals surface area (Å²) >= 11 is 1.18. The van der Waals surface area contributed by atoms with Gasteiger partial charge in [-0.2, -0.15) is 0 Å². The number of para-hydroxylation sites is 2. The van der Waals surface area contributed by atoms with Crippen molar-refractivity contribution in [1.82, 2.24) is 9.55 Å². The molecule has 2 aromatic rings. The van der Waals surface area contributed by atoms with Crippen LogP contribution < -0.4 is 0 Å². The smallest absolute Gasteiger partial charge is 0.303 e. The van der Waals surface area contributed by atoms with Crippen molar-refractivity contribution >= 4 is 46.7 Å². The zero-order valence-corrected chi connectivity index (χ0v) is 22.5. The van der Waals surface area contributed by atoms with Crippen LogP contribution in [-0.4, -0.2) is 69.9 Å². The quantitative estimate of drug-likeness (QED) is 0.346. The van der Waals surface area contributed by atoms with Gasteiger partial charge in [-0.05, 0) is 18.1 Å². The Bertz CT molecular complexity index is 1150. The third-order valence-corrected chi connectivity index (χ3v) is 6.47. The first-order valence-corrected chi connectivity index (χ1v) is 12.8. The molecule has 37 heavy (non-hydrogen) atoms. The first-order chi connectivity index (χ1) is 17.5. The monoisotopic (exact) mass is 536 g/mol. The molecular weight excluding hydrogens is 504 g/mol. The summed E-state index contributed by atoms with van der Waals surface area (Å²) in [6.07, 6.45) is -4.59. The topological polar surface area (TPSA) is 132 Å². The number of nitrogens with zero attached hydrogens (tertiary/aromatic N) is 2. The van der Waals surface area contributed by atoms with E-state index in [1.54, 1.807) is 0 Å². The predicted molar refractivity (Wildman–Crippen MR) is 132 cm³/mol. The van der Waals surface area contributed by atoms with Crippen LogP contribution in [0.5, 0.6) is 0 Å². The average molecular weight is 537 g/mol. The van der Waals surface area contributed by atoms with E-state index < -0.39 is 53.7 Å². The molecule has 11 nitrogen and oxygen atoms in total. The molecule has 1 aliphatic rings. The van der Waals surface area contributed by atoms with E-state index in [1.807, 2.05) is 28.8 Å². The fourth-order valence-corrected chi connectivity index (χ4v) is 5.27. The van der Waals surface area contributed by atoms with Crippen molar-refractivity contribution in [3.63, 3.8) is 0 Å². The lowest BCUT2D eigenvalue weighted by Gasteiger charge is -2.44. The lowest BCUT2D eigenvalue weighted by molar-refractivity contribution is -0.237. The Kier molecular flexibility index (Phi) is 9.55. The molecule has 12 heteroatoms. The van der Waals surface area contributed by atoms with Gasteiger partial charge in [0.2, 0.25) is 0 Å². The SMILES string of the molecule is CC(=O)OCC1OC(Sc2nc3ccccc3n2CC(C)C)C(OC(C)=O)C(OC(C)=O)C1OC(C)=O. The number of hydrogen-bond donors (Lipinski definition) is 0. The van der Waals surface area contributed by atoms with Crippen LogP contribution in [0.1, 0.15) is 41.5 Å². The molecule has 0 radical (unpaired) electrons. The van der Waals surface area contributed by atoms with Gasteiger partial charge in [0.15, 0.2) is 28.9 Å². The summed E-state index contributed by atoms with van der Waals surface area (Å²) < 4.78 is 29.9. The number of aromatic nitrogens is 2. The fraction of sp³-hybridized carbons (Fsp3) is 0.560. The fourth-order valence-electron chi connectivity index (χ4n) is 4.07. The van der Waals surface area contributed by atoms with Crippen LogP contribution in [0.2, 0.25) is 0 Å². The summed E-state index contributed by atoms with van der Waals surface area (Å²) in [4.78, 5) is 52.4. The van der Waals surface area contributed by atoms with Gasteiger partial charge in [0.25, 0.3) is 0 Å². The Hall–Kier alpha value is -3.12. The molecule has 3 rings (SSSR count). The summed E-state index contributed by atoms with van der Waals surface area (Å²) in [5, 5.41) is 0.593. The molecule has 0 N–H and O–H groups in total. The van der Waals surface area contributed by atoms with Crippen LogP contribution in [0.4, 0.5) is 0 Å². The summed E-state index contributed by atoms with van der Waals surface area (Å²) in [6.45, 7) is 9.36. The normalized spacial score (nSPS) is 23.5. The van der Waals surface area contributed by atoms with E-state index in [0.29, 0.717) is 17.6 Å². The standard InChI is InChI=1S/C25H32N2O9S/c1-13(2)11-27-19-10-8-7-9-18(19)26-25(27)37-24-23(35-17(6)31)22(34-16(5)30)21(33-15(4)29)20(36-24)12-32-14(3)28/h7-10,13,20-24H,11-12H2,1-6H3. The first-order valence-electron chi connectivity index (χ1n) is 11.9. The maximum Gasteiger partial charge on any atom is 0.303 e. The Morgan fingerprint density at radius 2 is 1.51 bits per heavy atom. The largest absolute Gasteiger partial charge is 0.463 e. The highest BCUT2D eigenvalue weighted by Gasteiger charge is 2.52. The molecule has 1 saturated heterocycles. The van der Waals surface area contributed by atoms with Gasteiger partial charge in [-0.15, -0.1) is 0 Å². The van der Waals surface area contributed by atoms with Crippen molar-refractivity contribution in [2.75, 3.05) is 6.61 Å². The molecular formula is C25H32N2O9S. The second-order valence-corrected chi connectivity index (χ2v) is 10.1. The number of esters is 4. The molecule has 1 aliphatic heterocycles. The van der Waals surface area contributed by atoms with Crippen molar-refractivity contribution < 1.29 is 42.9 Å². The van der Waals surface area contributed by atoms with Gasteiger partial charge in [-0.25, -0.2) is 4.98 Å². The van der Waals surface area contributed by atoms with Crippen molar-refractivity contribution in [3.8, 4) is 0 Å². The molecule has 0 aliphatic carbocycles. The molecule has 0 spiro atoms. The van der Waals surface area contributed by atoms with E-state index in [1.165, 1.54) is 39.5 Å². The zero-order chi connectivity index (χ0) is 27.3. The van der Waals surface area contributed by atoms with Crippen LogP contribution in [0, 0.1) is 5.92 Å². The maximum absolute atomic E-state index is 12.1. The van der Waals surface area contributed by atoms with Crippen molar-refractivity contribution in [2.45, 2.75) is 83.1 Å². The second kappa shape index (κ2) is 12.4. The molecule has 5 unspecified atom stereocenters. The van der Waals surface area contributed by atoms with E-state index in [0.717, 1.165) is 11.0 Å². The second-order valence-electron chi connectivity index (χ2n) is 9.07. The van der Waals surface area contributed by atoms with Crippen LogP contribution in [0.3, 0.4) is 0 Å². The summed E-state index contributed by atoms with van der Waals surface area (Å²) in [6, 6.07) is 7.66. The minimum Gasteiger partial charge on any atom is -0.463 e. The highest BCUT2D eigenvalue weighted by atomic mass is 32.2. The minimum atomic E-state index is -1.22. The molecule has 1 aromatic carbocycles. The average Bonchev–Trinajstić information content (AvgIpc) is 3.12. The highest BCUT2D eigenvalue weighted by molar-refractivity contribution is 7.99. The lowest BCUT2D eigenvalue weighted by Crippen LogP contribution is -2.61. The molecule has 202 valence electrons. The number of thioether (sulfide) groups is 1. The van der Waals surface area contributed by atoms with E-state index in [-0.39, 0.29) is 6.61 Å². The van der Waals surface area contributed by atoms with E-state index >= 15 is 0 Å². The summed E-state index contributed by atoms with van der Waals surface area (Å²) in [5.74, 6) is -2.27. The number of ether oxygens (including phenoxy) is 5. The van der Waals surface area contributed by atoms with Gasteiger partial charge < -0.3 is 28.3 Å². The summed E-state index contributed by atoms with van der Waals surface area (Å²) in [5.41, 5.74) is 0.754. The number of rotatable bonds is 9. The molecule has 0 saturated carbocycles. The van der Waals surface area contributed by atoms with Crippen LogP contribution in [-0.2, 0) is 49.4 Å². The minimum absolute atomic E-state index is 0.280. The van der Waals surface area contributed by atoms with Crippen LogP contribution >= 0.6 is 11.8 Å². The molecule has 5 atom stereocenters. The third kappa shape index (κ3) is 7.45. The number of benzene rings is 1. The Labute approximate surface area is 219 Å². The summed E-state index contributed by atoms with van der Waals surface area (Å²) in [7, 11) is 0. The van der Waals surface area contributed by atoms with Crippen molar-refractivity contribution in [1.29, 1.82) is 0 Å². The number of hydrogen-bond acceptors (Lipinski definition) is 11. The molecule has 0 bridgehead atoms. The number of carbonyl (C=O) groups excluding carboxylic acids is 4. The Balaban J connectivity index is 2.07. The molecule has 2 heterocycles. The van der Waals surface area contributed by atoms with E-state index in [9.17, 15) is 19.2 Å². The molecule has 1 aromatic heterocycles. The van der Waals surface area contributed by atoms with Crippen LogP contribution in [0.15, 0.2) is 29.4 Å². The first kappa shape index (κ1) is 28.5. The van der Waals surface area contributed by atoms with E-state index in [2.05, 4.69) is 13.8 Å². The molecule has 0 amide bonds. The lowest BCUT2D eigenvalue weighted by atomic mass is 9.99. The Morgan fingerprint density at radius 1 is 0.919 bits per heavy atom. The highest BCUT2D eigenvalue weighted by Crippen LogP contribution is 2.38. The van der Waals surface area contributed by atoms with Crippen LogP contribution in [0.25, 0.3) is 11.0 Å². The van der Waals surface area contributed by atoms with Gasteiger partial charge in [0.05, 0.1) is 11.0 Å². The Morgan fingerprint density at radius 3 is 2.11 bits per heavy atom. The van der Waals surface area contributed by atoms with Gasteiger partial charge in [0.1, 0.15) is 12.7 Å². The van der Waals surface area contributed by atoms with Gasteiger partial charge in [0, 0.05) is 34.2 Å². The van der Waals surface area contributed by atoms with Gasteiger partial charge in [-0.3, -0.25) is 19.2 Å². The third-order valence-electron chi connectivity index (χ3n) is 5.34. The predicted octanol–water partition coefficient (Wildman–Crippen LogP) is 2.87. The van der Waals surface area contributed by atoms with E-state index in [4.69, 9.17) is 28.7 Å². The number of imidazole rings is 1. The molecule has 1 fully saturated rings. The zero-order valence-electron chi connectivity index (χ0n) is 21.7. The van der Waals surface area contributed by atoms with Gasteiger partial charge in [-0.1, -0.05) is 37.7 Å². The maximum atomic E-state index is 12.1. The number of carbonyl (C=O) groups is 4. The van der Waals surface area contributed by atoms with Crippen molar-refractivity contribution in [3.05, 3.63) is 24.3 Å². The number of fused-ring (bicyclic) bond motifs is 1. The van der Waals surface area contributed by atoms with Crippen molar-refractivity contribution in [2.24, 2.45) is 5.92 Å².